The van der Waals surface area contributed by atoms with Gasteiger partial charge in [0.05, 0.1) is 23.1 Å². The minimum atomic E-state index is -4.42. The van der Waals surface area contributed by atoms with E-state index in [0.717, 1.165) is 23.4 Å². The molecule has 0 fully saturated rings. The highest BCUT2D eigenvalue weighted by Gasteiger charge is 2.31. The van der Waals surface area contributed by atoms with Crippen molar-refractivity contribution in [3.8, 4) is 11.5 Å². The van der Waals surface area contributed by atoms with E-state index in [4.69, 9.17) is 0 Å². The summed E-state index contributed by atoms with van der Waals surface area (Å²) >= 11 is 0. The molecule has 7 nitrogen and oxygen atoms in total. The van der Waals surface area contributed by atoms with Crippen LogP contribution in [0.3, 0.4) is 0 Å². The summed E-state index contributed by atoms with van der Waals surface area (Å²) in [6.07, 6.45) is -3.80. The van der Waals surface area contributed by atoms with E-state index in [9.17, 15) is 18.0 Å². The lowest BCUT2D eigenvalue weighted by Gasteiger charge is -2.28. The van der Waals surface area contributed by atoms with Crippen molar-refractivity contribution in [3.05, 3.63) is 35.0 Å². The van der Waals surface area contributed by atoms with Gasteiger partial charge < -0.3 is 15.2 Å². The number of rotatable bonds is 2. The van der Waals surface area contributed by atoms with Gasteiger partial charge in [0.1, 0.15) is 5.69 Å². The number of nitrogens with one attached hydrogen (secondary N) is 3. The first-order valence-corrected chi connectivity index (χ1v) is 8.91. The number of carbonyl (C=O) groups is 1. The van der Waals surface area contributed by atoms with Crippen LogP contribution < -0.4 is 5.32 Å². The van der Waals surface area contributed by atoms with Crippen molar-refractivity contribution in [2.75, 3.05) is 6.54 Å². The fraction of sp³-hybridized carbons (Fsp3) is 0.389. The smallest absolute Gasteiger partial charge is 0.337 e. The number of hydrogen-bond donors (Lipinski definition) is 3. The molecule has 0 atom stereocenters. The molecule has 0 unspecified atom stereocenters. The fourth-order valence-electron chi connectivity index (χ4n) is 3.30. The quantitative estimate of drug-likeness (QED) is 0.624. The number of fused-ring (bicyclic) bond motifs is 2. The van der Waals surface area contributed by atoms with Gasteiger partial charge >= 0.3 is 12.2 Å². The summed E-state index contributed by atoms with van der Waals surface area (Å²) in [5, 5.41) is 10.1. The standard InChI is InChI=1S/C18H19F3N6O/c1-9(2)22-17(28)27-6-5-12-11(8-27)15(26-25-12)16-23-13-4-3-10(18(19,20)21)7-14(13)24-16/h3-4,7,9H,5-6,8H2,1-2H3,(H,22,28)(H,23,24)(H,25,26). The summed E-state index contributed by atoms with van der Waals surface area (Å²) in [5.41, 5.74) is 2.20. The van der Waals surface area contributed by atoms with Crippen LogP contribution in [0, 0.1) is 0 Å². The first kappa shape index (κ1) is 18.3. The van der Waals surface area contributed by atoms with Crippen LogP contribution in [0.4, 0.5) is 18.0 Å². The van der Waals surface area contributed by atoms with Gasteiger partial charge in [-0.25, -0.2) is 9.78 Å². The van der Waals surface area contributed by atoms with Crippen molar-refractivity contribution in [2.24, 2.45) is 0 Å². The van der Waals surface area contributed by atoms with Crippen LogP contribution in [0.15, 0.2) is 18.2 Å². The van der Waals surface area contributed by atoms with Crippen LogP contribution in [0.25, 0.3) is 22.6 Å². The van der Waals surface area contributed by atoms with Crippen molar-refractivity contribution >= 4 is 17.1 Å². The molecule has 1 aliphatic rings. The van der Waals surface area contributed by atoms with Crippen LogP contribution in [0.2, 0.25) is 0 Å². The van der Waals surface area contributed by atoms with Gasteiger partial charge in [0.15, 0.2) is 5.82 Å². The molecule has 1 aliphatic heterocycles. The highest BCUT2D eigenvalue weighted by Crippen LogP contribution is 2.32. The third kappa shape index (κ3) is 3.30. The summed E-state index contributed by atoms with van der Waals surface area (Å²) < 4.78 is 38.8. The first-order valence-electron chi connectivity index (χ1n) is 8.91. The molecule has 4 rings (SSSR count). The lowest BCUT2D eigenvalue weighted by molar-refractivity contribution is -0.137. The molecule has 0 saturated heterocycles. The van der Waals surface area contributed by atoms with Crippen molar-refractivity contribution < 1.29 is 18.0 Å². The minimum Gasteiger partial charge on any atom is -0.337 e. The second-order valence-corrected chi connectivity index (χ2v) is 7.12. The predicted molar refractivity (Wildman–Crippen MR) is 96.5 cm³/mol. The molecule has 0 aliphatic carbocycles. The van der Waals surface area contributed by atoms with Gasteiger partial charge in [0, 0.05) is 30.3 Å². The maximum Gasteiger partial charge on any atom is 0.416 e. The molecule has 0 radical (unpaired) electrons. The minimum absolute atomic E-state index is 0.0240. The normalized spacial score (nSPS) is 14.6. The van der Waals surface area contributed by atoms with Gasteiger partial charge in [-0.3, -0.25) is 5.10 Å². The number of carbonyl (C=O) groups excluding carboxylic acids is 1. The van der Waals surface area contributed by atoms with Crippen LogP contribution in [0.1, 0.15) is 30.7 Å². The molecule has 10 heteroatoms. The Labute approximate surface area is 158 Å². The topological polar surface area (TPSA) is 89.7 Å². The third-order valence-electron chi connectivity index (χ3n) is 4.67. The number of hydrogen-bond acceptors (Lipinski definition) is 3. The molecule has 3 aromatic rings. The largest absolute Gasteiger partial charge is 0.416 e. The van der Waals surface area contributed by atoms with E-state index >= 15 is 0 Å². The number of aromatic amines is 2. The maximum absolute atomic E-state index is 12.9. The first-order chi connectivity index (χ1) is 13.2. The Bertz CT molecular complexity index is 1040. The molecule has 2 aromatic heterocycles. The van der Waals surface area contributed by atoms with Gasteiger partial charge in [0.2, 0.25) is 0 Å². The van der Waals surface area contributed by atoms with Gasteiger partial charge in [0.25, 0.3) is 0 Å². The predicted octanol–water partition coefficient (Wildman–Crippen LogP) is 3.45. The van der Waals surface area contributed by atoms with Crippen molar-refractivity contribution in [3.63, 3.8) is 0 Å². The van der Waals surface area contributed by atoms with Crippen molar-refractivity contribution in [1.82, 2.24) is 30.4 Å². The number of urea groups is 1. The highest BCUT2D eigenvalue weighted by molar-refractivity contribution is 5.80. The van der Waals surface area contributed by atoms with Crippen molar-refractivity contribution in [2.45, 2.75) is 39.0 Å². The van der Waals surface area contributed by atoms with E-state index in [1.807, 2.05) is 13.8 Å². The Morgan fingerprint density at radius 2 is 2.11 bits per heavy atom. The van der Waals surface area contributed by atoms with Crippen molar-refractivity contribution in [1.29, 1.82) is 0 Å². The molecular formula is C18H19F3N6O. The second kappa shape index (κ2) is 6.54. The second-order valence-electron chi connectivity index (χ2n) is 7.12. The Balaban J connectivity index is 1.66. The van der Waals surface area contributed by atoms with Crippen LogP contribution in [-0.4, -0.2) is 43.7 Å². The van der Waals surface area contributed by atoms with E-state index in [1.165, 1.54) is 6.07 Å². The molecule has 0 saturated carbocycles. The highest BCUT2D eigenvalue weighted by atomic mass is 19.4. The number of amides is 2. The maximum atomic E-state index is 12.9. The van der Waals surface area contributed by atoms with Gasteiger partial charge in [-0.15, -0.1) is 0 Å². The molecule has 3 heterocycles. The third-order valence-corrected chi connectivity index (χ3v) is 4.67. The number of nitrogens with zero attached hydrogens (tertiary/aromatic N) is 3. The monoisotopic (exact) mass is 392 g/mol. The van der Waals surface area contributed by atoms with E-state index in [0.29, 0.717) is 36.5 Å². The molecule has 148 valence electrons. The SMILES string of the molecule is CC(C)NC(=O)N1CCc2[nH]nc(-c3nc4ccc(C(F)(F)F)cc4[nH]3)c2C1. The molecule has 0 spiro atoms. The number of imidazole rings is 1. The van der Waals surface area contributed by atoms with E-state index in [-0.39, 0.29) is 17.6 Å². The molecule has 3 N–H and O–H groups in total. The van der Waals surface area contributed by atoms with E-state index in [2.05, 4.69) is 25.5 Å². The Morgan fingerprint density at radius 3 is 2.82 bits per heavy atom. The number of aromatic nitrogens is 4. The summed E-state index contributed by atoms with van der Waals surface area (Å²) in [5.74, 6) is 0.373. The van der Waals surface area contributed by atoms with Crippen LogP contribution in [-0.2, 0) is 19.1 Å². The Morgan fingerprint density at radius 1 is 1.32 bits per heavy atom. The average Bonchev–Trinajstić information content (AvgIpc) is 3.22. The van der Waals surface area contributed by atoms with Crippen LogP contribution in [0.5, 0.6) is 0 Å². The van der Waals surface area contributed by atoms with Gasteiger partial charge in [-0.05, 0) is 32.0 Å². The zero-order chi connectivity index (χ0) is 20.1. The summed E-state index contributed by atoms with van der Waals surface area (Å²) in [6.45, 7) is 4.69. The molecule has 28 heavy (non-hydrogen) atoms. The number of H-pyrrole nitrogens is 2. The average molecular weight is 392 g/mol. The Hall–Kier alpha value is -3.04. The van der Waals surface area contributed by atoms with Gasteiger partial charge in [-0.1, -0.05) is 0 Å². The zero-order valence-corrected chi connectivity index (χ0v) is 15.3. The zero-order valence-electron chi connectivity index (χ0n) is 15.3. The fourth-order valence-corrected chi connectivity index (χ4v) is 3.30. The number of alkyl halides is 3. The molecular weight excluding hydrogens is 373 g/mol. The lowest BCUT2D eigenvalue weighted by atomic mass is 10.1. The summed E-state index contributed by atoms with van der Waals surface area (Å²) in [7, 11) is 0. The lowest BCUT2D eigenvalue weighted by Crippen LogP contribution is -2.45. The van der Waals surface area contributed by atoms with E-state index in [1.54, 1.807) is 4.90 Å². The van der Waals surface area contributed by atoms with Crippen LogP contribution >= 0.6 is 0 Å². The Kier molecular flexibility index (Phi) is 4.28. The van der Waals surface area contributed by atoms with E-state index < -0.39 is 11.7 Å². The molecule has 2 amide bonds. The van der Waals surface area contributed by atoms with Gasteiger partial charge in [-0.2, -0.15) is 18.3 Å². The summed E-state index contributed by atoms with van der Waals surface area (Å²) in [6, 6.07) is 3.24. The molecule has 1 aromatic carbocycles. The number of benzene rings is 1. The summed E-state index contributed by atoms with van der Waals surface area (Å²) in [4.78, 5) is 21.3. The number of halogens is 3. The molecule has 0 bridgehead atoms.